The van der Waals surface area contributed by atoms with Gasteiger partial charge in [0.15, 0.2) is 17.3 Å². The minimum Gasteiger partial charge on any atom is -0.458 e. The van der Waals surface area contributed by atoms with Gasteiger partial charge in [0.2, 0.25) is 19.5 Å². The molecule has 3 rings (SSSR count). The first-order valence-corrected chi connectivity index (χ1v) is 8.11. The predicted octanol–water partition coefficient (Wildman–Crippen LogP) is 3.12. The van der Waals surface area contributed by atoms with E-state index in [0.29, 0.717) is 12.3 Å². The number of allylic oxidation sites excluding steroid dienone is 2. The number of ether oxygens (including phenoxy) is 4. The highest BCUT2D eigenvalue weighted by atomic mass is 16.7. The summed E-state index contributed by atoms with van der Waals surface area (Å²) in [6.07, 6.45) is 5.94. The lowest BCUT2D eigenvalue weighted by atomic mass is 10.1. The van der Waals surface area contributed by atoms with Gasteiger partial charge in [0.05, 0.1) is 0 Å². The summed E-state index contributed by atoms with van der Waals surface area (Å²) in [7, 11) is 0. The van der Waals surface area contributed by atoms with Crippen LogP contribution in [0.1, 0.15) is 25.8 Å². The number of fused-ring (bicyclic) bond motifs is 1. The highest BCUT2D eigenvalue weighted by Crippen LogP contribution is 2.32. The van der Waals surface area contributed by atoms with E-state index in [1.807, 2.05) is 38.1 Å². The molecule has 132 valence electrons. The standard InChI is InChI=1S/C19H21NO5/c1-13(9-17-14(2)22-11-24-17)7-8-20-19(21)6-4-15-3-5-16-18(10-15)25-12-23-16/h3-6,9-10H,7-8,11-12H2,1-2H3,(H,20,21)/b6-4+,13-9+. The fraction of sp³-hybridized carbons (Fsp3) is 0.316. The molecule has 0 saturated carbocycles. The molecule has 25 heavy (non-hydrogen) atoms. The summed E-state index contributed by atoms with van der Waals surface area (Å²) in [6.45, 7) is 4.93. The fourth-order valence-electron chi connectivity index (χ4n) is 2.42. The van der Waals surface area contributed by atoms with Crippen molar-refractivity contribution < 1.29 is 23.7 Å². The Morgan fingerprint density at radius 1 is 1.16 bits per heavy atom. The monoisotopic (exact) mass is 343 g/mol. The molecule has 0 unspecified atom stereocenters. The molecular formula is C19H21NO5. The summed E-state index contributed by atoms with van der Waals surface area (Å²) in [5, 5.41) is 2.86. The molecule has 0 saturated heterocycles. The van der Waals surface area contributed by atoms with Crippen LogP contribution in [0.4, 0.5) is 0 Å². The van der Waals surface area contributed by atoms with Crippen LogP contribution in [-0.4, -0.2) is 26.0 Å². The van der Waals surface area contributed by atoms with Crippen molar-refractivity contribution in [1.82, 2.24) is 5.32 Å². The molecule has 2 aliphatic heterocycles. The Labute approximate surface area is 146 Å². The zero-order valence-electron chi connectivity index (χ0n) is 14.3. The van der Waals surface area contributed by atoms with Crippen molar-refractivity contribution in [1.29, 1.82) is 0 Å². The van der Waals surface area contributed by atoms with Crippen LogP contribution >= 0.6 is 0 Å². The van der Waals surface area contributed by atoms with Crippen molar-refractivity contribution in [2.45, 2.75) is 20.3 Å². The number of carbonyl (C=O) groups is 1. The van der Waals surface area contributed by atoms with E-state index >= 15 is 0 Å². The Morgan fingerprint density at radius 3 is 2.76 bits per heavy atom. The molecule has 0 bridgehead atoms. The first-order valence-electron chi connectivity index (χ1n) is 8.11. The van der Waals surface area contributed by atoms with Crippen molar-refractivity contribution >= 4 is 12.0 Å². The molecule has 6 heteroatoms. The van der Waals surface area contributed by atoms with Gasteiger partial charge in [-0.2, -0.15) is 0 Å². The molecule has 1 aromatic rings. The average molecular weight is 343 g/mol. The molecule has 0 fully saturated rings. The summed E-state index contributed by atoms with van der Waals surface area (Å²) in [5.41, 5.74) is 2.00. The SMILES string of the molecule is CC1=C(/C=C(\C)CCNC(=O)/C=C/c2ccc3c(c2)OCO3)OCO1. The van der Waals surface area contributed by atoms with Crippen molar-refractivity contribution in [3.05, 3.63) is 53.0 Å². The molecule has 2 aliphatic rings. The molecule has 1 amide bonds. The molecule has 1 N–H and O–H groups in total. The van der Waals surface area contributed by atoms with Crippen molar-refractivity contribution in [3.63, 3.8) is 0 Å². The Hall–Kier alpha value is -2.89. The van der Waals surface area contributed by atoms with E-state index in [1.165, 1.54) is 6.08 Å². The third-order valence-corrected chi connectivity index (χ3v) is 3.86. The summed E-state index contributed by atoms with van der Waals surface area (Å²) in [5.74, 6) is 2.83. The molecule has 0 radical (unpaired) electrons. The minimum absolute atomic E-state index is 0.138. The Morgan fingerprint density at radius 2 is 1.96 bits per heavy atom. The summed E-state index contributed by atoms with van der Waals surface area (Å²) < 4.78 is 21.1. The normalized spacial score (nSPS) is 16.2. The second-order valence-electron chi connectivity index (χ2n) is 5.80. The molecule has 0 spiro atoms. The Kier molecular flexibility index (Phi) is 5.28. The molecule has 2 heterocycles. The van der Waals surface area contributed by atoms with Gasteiger partial charge in [-0.05, 0) is 50.1 Å². The largest absolute Gasteiger partial charge is 0.458 e. The maximum atomic E-state index is 11.9. The molecule has 6 nitrogen and oxygen atoms in total. The van der Waals surface area contributed by atoms with Crippen LogP contribution in [0.2, 0.25) is 0 Å². The highest BCUT2D eigenvalue weighted by Gasteiger charge is 2.12. The lowest BCUT2D eigenvalue weighted by Crippen LogP contribution is -2.22. The van der Waals surface area contributed by atoms with Gasteiger partial charge in [-0.1, -0.05) is 11.6 Å². The zero-order valence-corrected chi connectivity index (χ0v) is 14.3. The Bertz CT molecular complexity index is 748. The van der Waals surface area contributed by atoms with Gasteiger partial charge >= 0.3 is 0 Å². The number of amides is 1. The van der Waals surface area contributed by atoms with E-state index in [2.05, 4.69) is 5.32 Å². The van der Waals surface area contributed by atoms with Crippen LogP contribution in [0.3, 0.4) is 0 Å². The van der Waals surface area contributed by atoms with Gasteiger partial charge < -0.3 is 24.3 Å². The number of rotatable bonds is 6. The Balaban J connectivity index is 1.45. The van der Waals surface area contributed by atoms with Crippen LogP contribution < -0.4 is 14.8 Å². The van der Waals surface area contributed by atoms with E-state index in [4.69, 9.17) is 18.9 Å². The van der Waals surface area contributed by atoms with Gasteiger partial charge in [0.25, 0.3) is 0 Å². The second kappa shape index (κ2) is 7.79. The van der Waals surface area contributed by atoms with E-state index in [0.717, 1.165) is 34.8 Å². The molecule has 0 atom stereocenters. The number of benzene rings is 1. The second-order valence-corrected chi connectivity index (χ2v) is 5.80. The van der Waals surface area contributed by atoms with Crippen LogP contribution in [0.15, 0.2) is 47.4 Å². The minimum atomic E-state index is -0.138. The third-order valence-electron chi connectivity index (χ3n) is 3.86. The smallest absolute Gasteiger partial charge is 0.244 e. The van der Waals surface area contributed by atoms with Crippen molar-refractivity contribution in [2.24, 2.45) is 0 Å². The summed E-state index contributed by atoms with van der Waals surface area (Å²) in [4.78, 5) is 11.9. The third kappa shape index (κ3) is 4.56. The summed E-state index contributed by atoms with van der Waals surface area (Å²) in [6, 6.07) is 5.56. The van der Waals surface area contributed by atoms with Crippen LogP contribution in [-0.2, 0) is 14.3 Å². The fourth-order valence-corrected chi connectivity index (χ4v) is 2.42. The topological polar surface area (TPSA) is 66.0 Å². The van der Waals surface area contributed by atoms with Gasteiger partial charge in [-0.25, -0.2) is 0 Å². The van der Waals surface area contributed by atoms with Crippen LogP contribution in [0.25, 0.3) is 6.08 Å². The molecule has 1 aromatic carbocycles. The van der Waals surface area contributed by atoms with Crippen molar-refractivity contribution in [2.75, 3.05) is 20.1 Å². The maximum Gasteiger partial charge on any atom is 0.244 e. The molecule has 0 aliphatic carbocycles. The van der Waals surface area contributed by atoms with Gasteiger partial charge in [-0.15, -0.1) is 0 Å². The number of carbonyl (C=O) groups excluding carboxylic acids is 1. The quantitative estimate of drug-likeness (QED) is 0.804. The molecule has 0 aromatic heterocycles. The molecular weight excluding hydrogens is 322 g/mol. The van der Waals surface area contributed by atoms with Gasteiger partial charge in [0, 0.05) is 12.6 Å². The lowest BCUT2D eigenvalue weighted by molar-refractivity contribution is -0.116. The number of hydrogen-bond donors (Lipinski definition) is 1. The maximum absolute atomic E-state index is 11.9. The predicted molar refractivity (Wildman–Crippen MR) is 92.7 cm³/mol. The zero-order chi connectivity index (χ0) is 17.6. The lowest BCUT2D eigenvalue weighted by Gasteiger charge is -2.04. The van der Waals surface area contributed by atoms with E-state index in [-0.39, 0.29) is 19.5 Å². The number of nitrogens with one attached hydrogen (secondary N) is 1. The highest BCUT2D eigenvalue weighted by molar-refractivity contribution is 5.91. The van der Waals surface area contributed by atoms with E-state index in [1.54, 1.807) is 6.08 Å². The van der Waals surface area contributed by atoms with Gasteiger partial charge in [-0.3, -0.25) is 4.79 Å². The van der Waals surface area contributed by atoms with E-state index < -0.39 is 0 Å². The average Bonchev–Trinajstić information content (AvgIpc) is 3.21. The van der Waals surface area contributed by atoms with Crippen LogP contribution in [0, 0.1) is 0 Å². The van der Waals surface area contributed by atoms with E-state index in [9.17, 15) is 4.79 Å². The first-order chi connectivity index (χ1) is 12.1. The van der Waals surface area contributed by atoms with Gasteiger partial charge in [0.1, 0.15) is 5.76 Å². The number of hydrogen-bond acceptors (Lipinski definition) is 5. The first kappa shape index (κ1) is 17.0. The summed E-state index contributed by atoms with van der Waals surface area (Å²) >= 11 is 0. The van der Waals surface area contributed by atoms with Crippen molar-refractivity contribution in [3.8, 4) is 11.5 Å². The van der Waals surface area contributed by atoms with Crippen LogP contribution in [0.5, 0.6) is 11.5 Å².